The van der Waals surface area contributed by atoms with Crippen LogP contribution in [0.25, 0.3) is 0 Å². The smallest absolute Gasteiger partial charge is 0.346 e. The molecule has 0 saturated heterocycles. The first kappa shape index (κ1) is 13.3. The average Bonchev–Trinajstić information content (AvgIpc) is 2.83. The minimum Gasteiger partial charge on any atom is -0.477 e. The predicted octanol–water partition coefficient (Wildman–Crippen LogP) is 0.838. The second kappa shape index (κ2) is 5.23. The molecule has 2 rings (SSSR count). The van der Waals surface area contributed by atoms with Crippen LogP contribution in [0, 0.1) is 0 Å². The summed E-state index contributed by atoms with van der Waals surface area (Å²) >= 11 is 1.07. The van der Waals surface area contributed by atoms with Gasteiger partial charge in [0.25, 0.3) is 5.56 Å². The Morgan fingerprint density at radius 3 is 2.74 bits per heavy atom. The molecule has 2 aromatic rings. The van der Waals surface area contributed by atoms with E-state index in [4.69, 9.17) is 5.11 Å². The van der Waals surface area contributed by atoms with Crippen molar-refractivity contribution in [1.29, 1.82) is 0 Å². The lowest BCUT2D eigenvalue weighted by molar-refractivity contribution is 0.0701. The maximum atomic E-state index is 12.0. The number of hydrogen-bond acceptors (Lipinski definition) is 4. The molecule has 0 spiro atoms. The molecule has 0 radical (unpaired) electrons. The normalized spacial score (nSPS) is 10.6. The molecule has 0 aliphatic carbocycles. The van der Waals surface area contributed by atoms with Crippen LogP contribution >= 0.6 is 11.3 Å². The number of aromatic nitrogens is 2. The Morgan fingerprint density at radius 2 is 2.11 bits per heavy atom. The quantitative estimate of drug-likeness (QED) is 0.899. The molecule has 100 valence electrons. The van der Waals surface area contributed by atoms with Crippen LogP contribution in [-0.4, -0.2) is 20.2 Å². The van der Waals surface area contributed by atoms with Gasteiger partial charge in [0.15, 0.2) is 0 Å². The summed E-state index contributed by atoms with van der Waals surface area (Å²) in [6.07, 6.45) is 1.44. The highest BCUT2D eigenvalue weighted by molar-refractivity contribution is 7.12. The Hall–Kier alpha value is -2.15. The number of hydrogen-bond donors (Lipinski definition) is 1. The van der Waals surface area contributed by atoms with Crippen molar-refractivity contribution in [1.82, 2.24) is 9.13 Å². The van der Waals surface area contributed by atoms with E-state index in [1.807, 2.05) is 0 Å². The molecule has 0 fully saturated rings. The highest BCUT2D eigenvalue weighted by Crippen LogP contribution is 2.16. The van der Waals surface area contributed by atoms with Crippen LogP contribution in [0.5, 0.6) is 0 Å². The van der Waals surface area contributed by atoms with Crippen molar-refractivity contribution in [3.05, 3.63) is 55.0 Å². The lowest BCUT2D eigenvalue weighted by Gasteiger charge is -2.07. The van der Waals surface area contributed by atoms with Crippen molar-refractivity contribution in [2.24, 2.45) is 0 Å². The summed E-state index contributed by atoms with van der Waals surface area (Å²) in [7, 11) is 0. The fourth-order valence-corrected chi connectivity index (χ4v) is 2.51. The molecule has 0 saturated carbocycles. The molecule has 0 aliphatic heterocycles. The van der Waals surface area contributed by atoms with Gasteiger partial charge in [-0.2, -0.15) is 0 Å². The second-order valence-corrected chi connectivity index (χ2v) is 4.80. The van der Waals surface area contributed by atoms with Gasteiger partial charge >= 0.3 is 11.7 Å². The van der Waals surface area contributed by atoms with E-state index in [9.17, 15) is 14.4 Å². The van der Waals surface area contributed by atoms with Gasteiger partial charge in [-0.15, -0.1) is 11.3 Å². The first-order chi connectivity index (χ1) is 9.04. The minimum atomic E-state index is -1.05. The van der Waals surface area contributed by atoms with E-state index in [0.717, 1.165) is 15.9 Å². The number of rotatable bonds is 4. The number of carboxylic acid groups (broad SMARTS) is 1. The summed E-state index contributed by atoms with van der Waals surface area (Å²) in [5, 5.41) is 10.6. The van der Waals surface area contributed by atoms with E-state index in [1.54, 1.807) is 18.4 Å². The SMILES string of the molecule is CCn1ccc(=O)n(Cc2ccsc2C(=O)O)c1=O. The fraction of sp³-hybridized carbons (Fsp3) is 0.250. The standard InChI is InChI=1S/C12H12N2O4S/c1-2-13-5-3-9(15)14(12(13)18)7-8-4-6-19-10(8)11(16)17/h3-6H,2,7H2,1H3,(H,16,17). The average molecular weight is 280 g/mol. The zero-order valence-corrected chi connectivity index (χ0v) is 11.0. The van der Waals surface area contributed by atoms with Gasteiger partial charge in [0.05, 0.1) is 6.54 Å². The van der Waals surface area contributed by atoms with E-state index in [0.29, 0.717) is 12.1 Å². The Kier molecular flexibility index (Phi) is 3.66. The van der Waals surface area contributed by atoms with Crippen molar-refractivity contribution in [2.45, 2.75) is 20.0 Å². The molecule has 19 heavy (non-hydrogen) atoms. The van der Waals surface area contributed by atoms with E-state index in [1.165, 1.54) is 16.8 Å². The number of carbonyl (C=O) groups is 1. The number of aryl methyl sites for hydroxylation is 1. The number of aromatic carboxylic acids is 1. The van der Waals surface area contributed by atoms with Gasteiger partial charge < -0.3 is 9.67 Å². The molecule has 0 unspecified atom stereocenters. The van der Waals surface area contributed by atoms with Crippen molar-refractivity contribution in [3.63, 3.8) is 0 Å². The zero-order chi connectivity index (χ0) is 14.0. The summed E-state index contributed by atoms with van der Waals surface area (Å²) in [6, 6.07) is 2.92. The van der Waals surface area contributed by atoms with E-state index >= 15 is 0 Å². The Morgan fingerprint density at radius 1 is 1.37 bits per heavy atom. The van der Waals surface area contributed by atoms with Gasteiger partial charge in [0.2, 0.25) is 0 Å². The van der Waals surface area contributed by atoms with Gasteiger partial charge in [-0.05, 0) is 23.9 Å². The molecule has 2 heterocycles. The highest BCUT2D eigenvalue weighted by atomic mass is 32.1. The third kappa shape index (κ3) is 2.50. The largest absolute Gasteiger partial charge is 0.477 e. The van der Waals surface area contributed by atoms with Crippen LogP contribution in [0.15, 0.2) is 33.3 Å². The lowest BCUT2D eigenvalue weighted by Crippen LogP contribution is -2.39. The van der Waals surface area contributed by atoms with E-state index in [2.05, 4.69) is 0 Å². The topological polar surface area (TPSA) is 81.3 Å². The molecule has 1 N–H and O–H groups in total. The van der Waals surface area contributed by atoms with Crippen molar-refractivity contribution < 1.29 is 9.90 Å². The Bertz CT molecular complexity index is 726. The molecular weight excluding hydrogens is 268 g/mol. The molecule has 0 aliphatic rings. The monoisotopic (exact) mass is 280 g/mol. The zero-order valence-electron chi connectivity index (χ0n) is 10.2. The first-order valence-corrected chi connectivity index (χ1v) is 6.52. The number of thiophene rings is 1. The summed E-state index contributed by atoms with van der Waals surface area (Å²) in [4.78, 5) is 34.9. The van der Waals surface area contributed by atoms with Crippen LogP contribution in [0.1, 0.15) is 22.2 Å². The molecule has 0 bridgehead atoms. The predicted molar refractivity (Wildman–Crippen MR) is 71.0 cm³/mol. The summed E-state index contributed by atoms with van der Waals surface area (Å²) < 4.78 is 2.44. The molecule has 0 atom stereocenters. The Labute approximate surface area is 112 Å². The van der Waals surface area contributed by atoms with Crippen LogP contribution in [0.2, 0.25) is 0 Å². The van der Waals surface area contributed by atoms with E-state index < -0.39 is 17.2 Å². The van der Waals surface area contributed by atoms with Gasteiger partial charge in [-0.25, -0.2) is 9.59 Å². The third-order valence-electron chi connectivity index (χ3n) is 2.75. The third-order valence-corrected chi connectivity index (χ3v) is 3.69. The minimum absolute atomic E-state index is 0.0242. The van der Waals surface area contributed by atoms with Crippen LogP contribution < -0.4 is 11.2 Å². The molecular formula is C12H12N2O4S. The van der Waals surface area contributed by atoms with Crippen LogP contribution in [0.3, 0.4) is 0 Å². The fourth-order valence-electron chi connectivity index (χ4n) is 1.76. The van der Waals surface area contributed by atoms with Crippen LogP contribution in [-0.2, 0) is 13.1 Å². The van der Waals surface area contributed by atoms with E-state index in [-0.39, 0.29) is 11.4 Å². The lowest BCUT2D eigenvalue weighted by atomic mass is 10.2. The second-order valence-electron chi connectivity index (χ2n) is 3.89. The summed E-state index contributed by atoms with van der Waals surface area (Å²) in [5.74, 6) is -1.05. The van der Waals surface area contributed by atoms with Gasteiger partial charge in [-0.3, -0.25) is 9.36 Å². The number of carboxylic acids is 1. The van der Waals surface area contributed by atoms with Crippen molar-refractivity contribution in [3.8, 4) is 0 Å². The number of nitrogens with zero attached hydrogens (tertiary/aromatic N) is 2. The molecule has 0 aromatic carbocycles. The molecule has 6 nitrogen and oxygen atoms in total. The molecule has 7 heteroatoms. The van der Waals surface area contributed by atoms with Gasteiger partial charge in [0, 0.05) is 18.8 Å². The highest BCUT2D eigenvalue weighted by Gasteiger charge is 2.14. The molecule has 2 aromatic heterocycles. The van der Waals surface area contributed by atoms with Crippen molar-refractivity contribution >= 4 is 17.3 Å². The Balaban J connectivity index is 2.50. The summed E-state index contributed by atoms with van der Waals surface area (Å²) in [6.45, 7) is 2.22. The van der Waals surface area contributed by atoms with Gasteiger partial charge in [0.1, 0.15) is 4.88 Å². The molecule has 0 amide bonds. The van der Waals surface area contributed by atoms with Crippen molar-refractivity contribution in [2.75, 3.05) is 0 Å². The first-order valence-electron chi connectivity index (χ1n) is 5.64. The maximum Gasteiger partial charge on any atom is 0.346 e. The van der Waals surface area contributed by atoms with Crippen LogP contribution in [0.4, 0.5) is 0 Å². The summed E-state index contributed by atoms with van der Waals surface area (Å²) in [5.41, 5.74) is -0.402. The van der Waals surface area contributed by atoms with Gasteiger partial charge in [-0.1, -0.05) is 0 Å². The maximum absolute atomic E-state index is 12.0.